The van der Waals surface area contributed by atoms with E-state index in [2.05, 4.69) is 15.2 Å². The number of hydrogen-bond acceptors (Lipinski definition) is 5. The van der Waals surface area contributed by atoms with E-state index >= 15 is 0 Å². The average Bonchev–Trinajstić information content (AvgIpc) is 2.59. The van der Waals surface area contributed by atoms with E-state index < -0.39 is 0 Å². The second kappa shape index (κ2) is 7.34. The van der Waals surface area contributed by atoms with Crippen molar-refractivity contribution in [3.8, 4) is 0 Å². The molecule has 23 heavy (non-hydrogen) atoms. The molecule has 7 nitrogen and oxygen atoms in total. The maximum Gasteiger partial charge on any atom is 0.261 e. The van der Waals surface area contributed by atoms with Crippen LogP contribution in [-0.2, 0) is 16.1 Å². The van der Waals surface area contributed by atoms with Gasteiger partial charge in [0.05, 0.1) is 30.4 Å². The van der Waals surface area contributed by atoms with Crippen molar-refractivity contribution in [1.29, 1.82) is 0 Å². The van der Waals surface area contributed by atoms with E-state index in [0.717, 1.165) is 32.8 Å². The minimum Gasteiger partial charge on any atom is -0.379 e. The molecule has 122 valence electrons. The number of carbonyl (C=O) groups excluding carboxylic acids is 1. The Hall–Kier alpha value is -2.25. The summed E-state index contributed by atoms with van der Waals surface area (Å²) in [5.74, 6) is -0.183. The second-order valence-electron chi connectivity index (χ2n) is 5.50. The summed E-state index contributed by atoms with van der Waals surface area (Å²) in [6.07, 6.45) is 1.42. The summed E-state index contributed by atoms with van der Waals surface area (Å²) in [6.45, 7) is 4.61. The maximum atomic E-state index is 12.3. The molecule has 2 heterocycles. The van der Waals surface area contributed by atoms with E-state index in [0.29, 0.717) is 17.4 Å². The SMILES string of the molecule is O=C(Cn1cnc2ccccc2c1=O)NCCN1CCOCC1. The number of nitrogens with zero attached hydrogens (tertiary/aromatic N) is 3. The molecule has 0 bridgehead atoms. The number of para-hydroxylation sites is 1. The summed E-state index contributed by atoms with van der Waals surface area (Å²) < 4.78 is 6.62. The van der Waals surface area contributed by atoms with Crippen LogP contribution in [0.1, 0.15) is 0 Å². The lowest BCUT2D eigenvalue weighted by molar-refractivity contribution is -0.121. The normalized spacial score (nSPS) is 15.7. The Labute approximate surface area is 133 Å². The molecular formula is C16H20N4O3. The fourth-order valence-corrected chi connectivity index (χ4v) is 2.61. The van der Waals surface area contributed by atoms with Gasteiger partial charge in [-0.1, -0.05) is 12.1 Å². The summed E-state index contributed by atoms with van der Waals surface area (Å²) in [5.41, 5.74) is 0.445. The van der Waals surface area contributed by atoms with Gasteiger partial charge in [-0.2, -0.15) is 0 Å². The minimum atomic E-state index is -0.195. The van der Waals surface area contributed by atoms with Crippen LogP contribution in [0, 0.1) is 0 Å². The van der Waals surface area contributed by atoms with Gasteiger partial charge in [0.2, 0.25) is 5.91 Å². The first-order chi connectivity index (χ1) is 11.2. The van der Waals surface area contributed by atoms with Crippen LogP contribution < -0.4 is 10.9 Å². The number of hydrogen-bond donors (Lipinski definition) is 1. The number of morpholine rings is 1. The Bertz CT molecular complexity index is 737. The smallest absolute Gasteiger partial charge is 0.261 e. The number of ether oxygens (including phenoxy) is 1. The molecular weight excluding hydrogens is 296 g/mol. The Balaban J connectivity index is 1.55. The number of fused-ring (bicyclic) bond motifs is 1. The summed E-state index contributed by atoms with van der Waals surface area (Å²) in [6, 6.07) is 7.12. The molecule has 0 radical (unpaired) electrons. The van der Waals surface area contributed by atoms with Gasteiger partial charge in [0.1, 0.15) is 6.54 Å². The number of rotatable bonds is 5. The molecule has 1 N–H and O–H groups in total. The van der Waals surface area contributed by atoms with Crippen molar-refractivity contribution in [2.24, 2.45) is 0 Å². The summed E-state index contributed by atoms with van der Waals surface area (Å²) in [4.78, 5) is 30.8. The molecule has 1 saturated heterocycles. The second-order valence-corrected chi connectivity index (χ2v) is 5.50. The standard InChI is InChI=1S/C16H20N4O3/c21-15(17-5-6-19-7-9-23-10-8-19)11-20-12-18-14-4-2-1-3-13(14)16(20)22/h1-4,12H,5-11H2,(H,17,21). The van der Waals surface area contributed by atoms with Crippen molar-refractivity contribution >= 4 is 16.8 Å². The maximum absolute atomic E-state index is 12.3. The molecule has 0 unspecified atom stereocenters. The molecule has 1 aliphatic rings. The minimum absolute atomic E-state index is 0.0141. The van der Waals surface area contributed by atoms with Crippen LogP contribution in [0.15, 0.2) is 35.4 Å². The summed E-state index contributed by atoms with van der Waals surface area (Å²) in [7, 11) is 0. The Kier molecular flexibility index (Phi) is 4.99. The summed E-state index contributed by atoms with van der Waals surface area (Å²) >= 11 is 0. The van der Waals surface area contributed by atoms with Crippen molar-refractivity contribution in [2.45, 2.75) is 6.54 Å². The van der Waals surface area contributed by atoms with Gasteiger partial charge in [-0.15, -0.1) is 0 Å². The fraction of sp³-hybridized carbons (Fsp3) is 0.438. The molecule has 1 aliphatic heterocycles. The molecule has 0 saturated carbocycles. The van der Waals surface area contributed by atoms with Crippen LogP contribution in [-0.4, -0.2) is 59.8 Å². The highest BCUT2D eigenvalue weighted by Crippen LogP contribution is 2.04. The lowest BCUT2D eigenvalue weighted by Gasteiger charge is -2.26. The van der Waals surface area contributed by atoms with E-state index in [4.69, 9.17) is 4.74 Å². The number of carbonyl (C=O) groups is 1. The van der Waals surface area contributed by atoms with Crippen LogP contribution in [0.25, 0.3) is 10.9 Å². The Morgan fingerprint density at radius 3 is 2.87 bits per heavy atom. The molecule has 1 amide bonds. The number of amides is 1. The van der Waals surface area contributed by atoms with Crippen LogP contribution in [0.5, 0.6) is 0 Å². The highest BCUT2D eigenvalue weighted by Gasteiger charge is 2.11. The topological polar surface area (TPSA) is 76.5 Å². The van der Waals surface area contributed by atoms with Gasteiger partial charge >= 0.3 is 0 Å². The van der Waals surface area contributed by atoms with Gasteiger partial charge < -0.3 is 10.1 Å². The zero-order valence-corrected chi connectivity index (χ0v) is 12.9. The van der Waals surface area contributed by atoms with Crippen molar-refractivity contribution in [1.82, 2.24) is 19.8 Å². The monoisotopic (exact) mass is 316 g/mol. The Morgan fingerprint density at radius 1 is 1.26 bits per heavy atom. The van der Waals surface area contributed by atoms with Gasteiger partial charge in [0.25, 0.3) is 5.56 Å². The zero-order valence-electron chi connectivity index (χ0n) is 12.9. The average molecular weight is 316 g/mol. The van der Waals surface area contributed by atoms with Gasteiger partial charge in [-0.3, -0.25) is 19.1 Å². The van der Waals surface area contributed by atoms with Crippen LogP contribution >= 0.6 is 0 Å². The van der Waals surface area contributed by atoms with Crippen LogP contribution in [0.2, 0.25) is 0 Å². The number of nitrogens with one attached hydrogen (secondary N) is 1. The molecule has 1 aromatic carbocycles. The molecule has 2 aromatic rings. The van der Waals surface area contributed by atoms with Gasteiger partial charge in [0, 0.05) is 26.2 Å². The van der Waals surface area contributed by atoms with Crippen LogP contribution in [0.3, 0.4) is 0 Å². The first kappa shape index (κ1) is 15.6. The van der Waals surface area contributed by atoms with E-state index in [1.807, 2.05) is 6.07 Å². The number of benzene rings is 1. The quantitative estimate of drug-likeness (QED) is 0.830. The fourth-order valence-electron chi connectivity index (χ4n) is 2.61. The van der Waals surface area contributed by atoms with Crippen molar-refractivity contribution in [3.05, 3.63) is 40.9 Å². The lowest BCUT2D eigenvalue weighted by Crippen LogP contribution is -2.42. The van der Waals surface area contributed by atoms with E-state index in [1.165, 1.54) is 10.9 Å². The van der Waals surface area contributed by atoms with Gasteiger partial charge in [-0.25, -0.2) is 4.98 Å². The van der Waals surface area contributed by atoms with Crippen molar-refractivity contribution < 1.29 is 9.53 Å². The molecule has 1 aromatic heterocycles. The van der Waals surface area contributed by atoms with Gasteiger partial charge in [0.15, 0.2) is 0 Å². The predicted octanol–water partition coefficient (Wildman–Crippen LogP) is -0.155. The van der Waals surface area contributed by atoms with E-state index in [-0.39, 0.29) is 18.0 Å². The first-order valence-corrected chi connectivity index (χ1v) is 7.75. The molecule has 0 aliphatic carbocycles. The van der Waals surface area contributed by atoms with E-state index in [1.54, 1.807) is 18.2 Å². The van der Waals surface area contributed by atoms with E-state index in [9.17, 15) is 9.59 Å². The molecule has 7 heteroatoms. The van der Waals surface area contributed by atoms with Crippen LogP contribution in [0.4, 0.5) is 0 Å². The molecule has 3 rings (SSSR count). The third kappa shape index (κ3) is 3.94. The van der Waals surface area contributed by atoms with Crippen molar-refractivity contribution in [3.63, 3.8) is 0 Å². The molecule has 0 spiro atoms. The Morgan fingerprint density at radius 2 is 2.04 bits per heavy atom. The highest BCUT2D eigenvalue weighted by atomic mass is 16.5. The molecule has 1 fully saturated rings. The predicted molar refractivity (Wildman–Crippen MR) is 86.3 cm³/mol. The first-order valence-electron chi connectivity index (χ1n) is 7.75. The highest BCUT2D eigenvalue weighted by molar-refractivity contribution is 5.78. The zero-order chi connectivity index (χ0) is 16.1. The van der Waals surface area contributed by atoms with Crippen molar-refractivity contribution in [2.75, 3.05) is 39.4 Å². The lowest BCUT2D eigenvalue weighted by atomic mass is 10.2. The third-order valence-corrected chi connectivity index (χ3v) is 3.90. The van der Waals surface area contributed by atoms with Gasteiger partial charge in [-0.05, 0) is 12.1 Å². The largest absolute Gasteiger partial charge is 0.379 e. The third-order valence-electron chi connectivity index (χ3n) is 3.90. The summed E-state index contributed by atoms with van der Waals surface area (Å²) in [5, 5.41) is 3.37. The molecule has 0 atom stereocenters. The number of aromatic nitrogens is 2.